The molecule has 11 rings (SSSR count). The number of rotatable bonds is 7. The highest BCUT2D eigenvalue weighted by Crippen LogP contribution is 2.53. The van der Waals surface area contributed by atoms with Gasteiger partial charge in [-0.2, -0.15) is 0 Å². The van der Waals surface area contributed by atoms with Crippen molar-refractivity contribution in [2.75, 3.05) is 4.90 Å². The van der Waals surface area contributed by atoms with Gasteiger partial charge in [0.05, 0.1) is 11.4 Å². The molecule has 59 heavy (non-hydrogen) atoms. The third-order valence-corrected chi connectivity index (χ3v) is 12.3. The Morgan fingerprint density at radius 3 is 1.71 bits per heavy atom. The Balaban J connectivity index is 1.19. The molecule has 1 aliphatic carbocycles. The summed E-state index contributed by atoms with van der Waals surface area (Å²) in [5, 5.41) is 2.23. The van der Waals surface area contributed by atoms with Crippen molar-refractivity contribution in [1.82, 2.24) is 0 Å². The van der Waals surface area contributed by atoms with Gasteiger partial charge in [-0.05, 0) is 92.0 Å². The minimum atomic E-state index is -0.170. The zero-order chi connectivity index (χ0) is 39.5. The van der Waals surface area contributed by atoms with E-state index in [1.165, 1.54) is 38.9 Å². The Morgan fingerprint density at radius 2 is 0.915 bits per heavy atom. The van der Waals surface area contributed by atoms with Crippen LogP contribution in [-0.2, 0) is 5.41 Å². The van der Waals surface area contributed by atoms with E-state index in [2.05, 4.69) is 225 Å². The molecule has 0 spiro atoms. The number of benzene rings is 9. The van der Waals surface area contributed by atoms with Gasteiger partial charge in [-0.3, -0.25) is 0 Å². The molecule has 1 aromatic heterocycles. The summed E-state index contributed by atoms with van der Waals surface area (Å²) < 4.78 is 6.49. The van der Waals surface area contributed by atoms with E-state index in [4.69, 9.17) is 4.42 Å². The minimum absolute atomic E-state index is 0.170. The average molecular weight is 756 g/mol. The summed E-state index contributed by atoms with van der Waals surface area (Å²) in [4.78, 5) is 2.50. The quantitative estimate of drug-likeness (QED) is 0.161. The molecule has 0 radical (unpaired) electrons. The van der Waals surface area contributed by atoms with Crippen molar-refractivity contribution in [3.05, 3.63) is 223 Å². The summed E-state index contributed by atoms with van der Waals surface area (Å²) in [5.41, 5.74) is 19.5. The summed E-state index contributed by atoms with van der Waals surface area (Å²) in [7, 11) is 0. The second-order valence-corrected chi connectivity index (χ2v) is 16.1. The second kappa shape index (κ2) is 13.9. The smallest absolute Gasteiger partial charge is 0.136 e. The van der Waals surface area contributed by atoms with Crippen LogP contribution in [0.3, 0.4) is 0 Å². The van der Waals surface area contributed by atoms with E-state index in [0.717, 1.165) is 66.8 Å². The van der Waals surface area contributed by atoms with Crippen LogP contribution in [0.2, 0.25) is 0 Å². The Morgan fingerprint density at radius 1 is 0.356 bits per heavy atom. The molecule has 0 bridgehead atoms. The van der Waals surface area contributed by atoms with Crippen LogP contribution in [0.4, 0.5) is 17.1 Å². The second-order valence-electron chi connectivity index (χ2n) is 16.1. The van der Waals surface area contributed by atoms with E-state index in [9.17, 15) is 0 Å². The largest absolute Gasteiger partial charge is 0.456 e. The van der Waals surface area contributed by atoms with Crippen LogP contribution < -0.4 is 4.90 Å². The van der Waals surface area contributed by atoms with Gasteiger partial charge in [-0.25, -0.2) is 0 Å². The van der Waals surface area contributed by atoms with E-state index >= 15 is 0 Å². The zero-order valence-electron chi connectivity index (χ0n) is 33.1. The fourth-order valence-corrected chi connectivity index (χ4v) is 9.38. The van der Waals surface area contributed by atoms with Crippen molar-refractivity contribution < 1.29 is 4.42 Å². The van der Waals surface area contributed by atoms with Gasteiger partial charge in [0.2, 0.25) is 0 Å². The molecule has 0 N–H and O–H groups in total. The van der Waals surface area contributed by atoms with E-state index in [0.29, 0.717) is 0 Å². The molecule has 0 unspecified atom stereocenters. The van der Waals surface area contributed by atoms with Crippen LogP contribution in [0.1, 0.15) is 25.0 Å². The highest BCUT2D eigenvalue weighted by molar-refractivity contribution is 6.14. The molecule has 2 nitrogen and oxygen atoms in total. The van der Waals surface area contributed by atoms with Crippen molar-refractivity contribution in [3.63, 3.8) is 0 Å². The van der Waals surface area contributed by atoms with Gasteiger partial charge >= 0.3 is 0 Å². The topological polar surface area (TPSA) is 16.4 Å². The van der Waals surface area contributed by atoms with Crippen LogP contribution in [0, 0.1) is 0 Å². The normalized spacial score (nSPS) is 12.7. The molecule has 2 heteroatoms. The van der Waals surface area contributed by atoms with Gasteiger partial charge < -0.3 is 9.32 Å². The lowest BCUT2D eigenvalue weighted by Crippen LogP contribution is -2.17. The van der Waals surface area contributed by atoms with Crippen molar-refractivity contribution in [2.24, 2.45) is 0 Å². The molecular formula is C57H41NO. The van der Waals surface area contributed by atoms with Crippen molar-refractivity contribution in [2.45, 2.75) is 19.3 Å². The lowest BCUT2D eigenvalue weighted by atomic mass is 9.82. The molecule has 0 fully saturated rings. The maximum Gasteiger partial charge on any atom is 0.136 e. The summed E-state index contributed by atoms with van der Waals surface area (Å²) in [5.74, 6) is 0. The maximum absolute atomic E-state index is 6.49. The van der Waals surface area contributed by atoms with Crippen molar-refractivity contribution in [3.8, 4) is 55.6 Å². The Labute approximate surface area is 345 Å². The Bertz CT molecular complexity index is 3170. The number of hydrogen-bond donors (Lipinski definition) is 0. The van der Waals surface area contributed by atoms with Crippen LogP contribution in [-0.4, -0.2) is 0 Å². The average Bonchev–Trinajstić information content (AvgIpc) is 3.79. The van der Waals surface area contributed by atoms with Gasteiger partial charge in [0.25, 0.3) is 0 Å². The molecule has 10 aromatic rings. The summed E-state index contributed by atoms with van der Waals surface area (Å²) in [6.07, 6.45) is 0. The van der Waals surface area contributed by atoms with E-state index in [-0.39, 0.29) is 5.41 Å². The molecule has 0 amide bonds. The third kappa shape index (κ3) is 5.79. The monoisotopic (exact) mass is 755 g/mol. The van der Waals surface area contributed by atoms with E-state index < -0.39 is 0 Å². The zero-order valence-corrected chi connectivity index (χ0v) is 33.1. The van der Waals surface area contributed by atoms with Gasteiger partial charge in [-0.1, -0.05) is 190 Å². The Kier molecular flexibility index (Phi) is 8.20. The SMILES string of the molecule is CC1(C)c2ccccc2-c2ccc(N(c3ccccc3-c3ccc(-c4ccccc4)cc3)c3cc(-c4ccccc4)ccc3-c3cccc4oc5ccccc5c34)cc21. The van der Waals surface area contributed by atoms with Crippen molar-refractivity contribution >= 4 is 39.0 Å². The van der Waals surface area contributed by atoms with Gasteiger partial charge in [0.1, 0.15) is 11.2 Å². The van der Waals surface area contributed by atoms with Crippen LogP contribution in [0.25, 0.3) is 77.6 Å². The molecular weight excluding hydrogens is 715 g/mol. The number of para-hydroxylation sites is 2. The van der Waals surface area contributed by atoms with E-state index in [1.807, 2.05) is 6.07 Å². The lowest BCUT2D eigenvalue weighted by molar-refractivity contribution is 0.660. The molecule has 0 saturated carbocycles. The number of nitrogens with zero attached hydrogens (tertiary/aromatic N) is 1. The minimum Gasteiger partial charge on any atom is -0.456 e. The van der Waals surface area contributed by atoms with Crippen molar-refractivity contribution in [1.29, 1.82) is 0 Å². The molecule has 0 aliphatic heterocycles. The predicted molar refractivity (Wildman–Crippen MR) is 248 cm³/mol. The van der Waals surface area contributed by atoms with Crippen LogP contribution >= 0.6 is 0 Å². The molecule has 0 saturated heterocycles. The first kappa shape index (κ1) is 34.8. The number of furan rings is 1. The third-order valence-electron chi connectivity index (χ3n) is 12.3. The fourth-order valence-electron chi connectivity index (χ4n) is 9.38. The molecule has 0 atom stereocenters. The number of hydrogen-bond acceptors (Lipinski definition) is 2. The fraction of sp³-hybridized carbons (Fsp3) is 0.0526. The van der Waals surface area contributed by atoms with Crippen LogP contribution in [0.15, 0.2) is 217 Å². The first-order valence-corrected chi connectivity index (χ1v) is 20.4. The van der Waals surface area contributed by atoms with Gasteiger partial charge in [-0.15, -0.1) is 0 Å². The highest BCUT2D eigenvalue weighted by Gasteiger charge is 2.36. The summed E-state index contributed by atoms with van der Waals surface area (Å²) in [6.45, 7) is 4.72. The first-order valence-electron chi connectivity index (χ1n) is 20.4. The molecule has 1 aliphatic rings. The molecule has 9 aromatic carbocycles. The Hall–Kier alpha value is -7.42. The van der Waals surface area contributed by atoms with E-state index in [1.54, 1.807) is 0 Å². The van der Waals surface area contributed by atoms with Crippen LogP contribution in [0.5, 0.6) is 0 Å². The summed E-state index contributed by atoms with van der Waals surface area (Å²) >= 11 is 0. The molecule has 280 valence electrons. The highest BCUT2D eigenvalue weighted by atomic mass is 16.3. The van der Waals surface area contributed by atoms with Gasteiger partial charge in [0.15, 0.2) is 0 Å². The predicted octanol–water partition coefficient (Wildman–Crippen LogP) is 16.0. The molecule has 1 heterocycles. The standard InChI is InChI=1S/C57H41NO/c1-57(2)50-24-12-9-21-45(50)46-35-33-43(37-51(46)57)58(52-25-13-10-20-44(52)41-30-28-40(29-31-41)38-16-5-3-6-17-38)53-36-42(39-18-7-4-8-19-39)32-34-47(53)48-23-15-27-55-56(48)49-22-11-14-26-54(49)59-55/h3-37H,1-2H3. The number of anilines is 3. The lowest BCUT2D eigenvalue weighted by Gasteiger charge is -2.32. The maximum atomic E-state index is 6.49. The number of fused-ring (bicyclic) bond motifs is 6. The van der Waals surface area contributed by atoms with Gasteiger partial charge in [0, 0.05) is 33.0 Å². The summed E-state index contributed by atoms with van der Waals surface area (Å²) in [6, 6.07) is 77.0. The first-order chi connectivity index (χ1) is 29.0.